The van der Waals surface area contributed by atoms with Gasteiger partial charge in [-0.1, -0.05) is 13.8 Å². The molecule has 13 heavy (non-hydrogen) atoms. The highest BCUT2D eigenvalue weighted by molar-refractivity contribution is 6.37. The number of hydrogen-bond acceptors (Lipinski definition) is 1. The van der Waals surface area contributed by atoms with Crippen LogP contribution < -0.4 is 0 Å². The van der Waals surface area contributed by atoms with Crippen molar-refractivity contribution in [3.8, 4) is 0 Å². The van der Waals surface area contributed by atoms with Crippen molar-refractivity contribution in [2.75, 3.05) is 0 Å². The van der Waals surface area contributed by atoms with Crippen LogP contribution in [-0.4, -0.2) is 18.9 Å². The van der Waals surface area contributed by atoms with Gasteiger partial charge in [0.05, 0.1) is 0 Å². The zero-order chi connectivity index (χ0) is 9.26. The molecule has 2 nitrogen and oxygen atoms in total. The fourth-order valence-electron chi connectivity index (χ4n) is 1.56. The maximum Gasteiger partial charge on any atom is 0.134 e. The molecule has 0 spiro atoms. The molecular formula is C10H14N2Si. The molecule has 0 N–H and O–H groups in total. The number of aromatic nitrogens is 2. The quantitative estimate of drug-likeness (QED) is 0.660. The van der Waals surface area contributed by atoms with Gasteiger partial charge in [0.15, 0.2) is 0 Å². The van der Waals surface area contributed by atoms with Gasteiger partial charge < -0.3 is 4.23 Å². The maximum absolute atomic E-state index is 4.39. The lowest BCUT2D eigenvalue weighted by atomic mass is 10.3. The Morgan fingerprint density at radius 1 is 1.38 bits per heavy atom. The largest absolute Gasteiger partial charge is 0.365 e. The molecular weight excluding hydrogens is 176 g/mol. The summed E-state index contributed by atoms with van der Waals surface area (Å²) in [6, 6.07) is 6.26. The number of pyridine rings is 1. The van der Waals surface area contributed by atoms with Gasteiger partial charge >= 0.3 is 0 Å². The van der Waals surface area contributed by atoms with Gasteiger partial charge in [-0.2, -0.15) is 0 Å². The zero-order valence-electron chi connectivity index (χ0n) is 8.07. The first-order valence-electron chi connectivity index (χ1n) is 4.67. The highest BCUT2D eigenvalue weighted by atomic mass is 28.2. The van der Waals surface area contributed by atoms with Gasteiger partial charge in [0.1, 0.15) is 15.3 Å². The first kappa shape index (κ1) is 8.50. The molecule has 2 rings (SSSR count). The van der Waals surface area contributed by atoms with E-state index in [1.165, 1.54) is 5.39 Å². The van der Waals surface area contributed by atoms with Crippen molar-refractivity contribution in [3.05, 3.63) is 30.6 Å². The lowest BCUT2D eigenvalue weighted by Crippen LogP contribution is -2.08. The van der Waals surface area contributed by atoms with Gasteiger partial charge in [0.2, 0.25) is 0 Å². The summed E-state index contributed by atoms with van der Waals surface area (Å²) in [5.74, 6) is 0. The summed E-state index contributed by atoms with van der Waals surface area (Å²) in [6.45, 7) is 4.56. The first-order valence-corrected chi connectivity index (χ1v) is 6.12. The van der Waals surface area contributed by atoms with Gasteiger partial charge in [-0.15, -0.1) is 0 Å². The van der Waals surface area contributed by atoms with Crippen molar-refractivity contribution in [1.29, 1.82) is 0 Å². The molecule has 2 heterocycles. The lowest BCUT2D eigenvalue weighted by Gasteiger charge is -2.05. The average molecular weight is 190 g/mol. The maximum atomic E-state index is 4.39. The van der Waals surface area contributed by atoms with E-state index in [4.69, 9.17) is 0 Å². The van der Waals surface area contributed by atoms with Crippen molar-refractivity contribution < 1.29 is 0 Å². The van der Waals surface area contributed by atoms with Crippen LogP contribution in [0.1, 0.15) is 13.8 Å². The Morgan fingerprint density at radius 2 is 2.23 bits per heavy atom. The van der Waals surface area contributed by atoms with Crippen molar-refractivity contribution in [2.24, 2.45) is 0 Å². The van der Waals surface area contributed by atoms with Gasteiger partial charge in [-0.25, -0.2) is 4.98 Å². The minimum atomic E-state index is -0.202. The van der Waals surface area contributed by atoms with Crippen LogP contribution in [0.2, 0.25) is 5.54 Å². The molecule has 0 radical (unpaired) electrons. The topological polar surface area (TPSA) is 17.8 Å². The smallest absolute Gasteiger partial charge is 0.134 e. The molecule has 0 saturated carbocycles. The van der Waals surface area contributed by atoms with E-state index in [0.29, 0.717) is 0 Å². The third-order valence-electron chi connectivity index (χ3n) is 2.08. The zero-order valence-corrected chi connectivity index (χ0v) is 9.48. The normalized spacial score (nSPS) is 12.2. The van der Waals surface area contributed by atoms with Crippen LogP contribution in [0.4, 0.5) is 0 Å². The summed E-state index contributed by atoms with van der Waals surface area (Å²) >= 11 is 0. The van der Waals surface area contributed by atoms with Gasteiger partial charge in [0.25, 0.3) is 0 Å². The Balaban J connectivity index is 2.46. The Morgan fingerprint density at radius 3 is 3.00 bits per heavy atom. The molecule has 0 fully saturated rings. The number of fused-ring (bicyclic) bond motifs is 1. The number of rotatable bonds is 2. The van der Waals surface area contributed by atoms with Crippen molar-refractivity contribution >= 4 is 20.7 Å². The Bertz CT molecular complexity index is 406. The molecule has 0 aliphatic heterocycles. The fourth-order valence-corrected chi connectivity index (χ4v) is 3.01. The van der Waals surface area contributed by atoms with Gasteiger partial charge in [-0.3, -0.25) is 0 Å². The van der Waals surface area contributed by atoms with Crippen LogP contribution in [0.25, 0.3) is 11.0 Å². The summed E-state index contributed by atoms with van der Waals surface area (Å²) in [7, 11) is -0.202. The summed E-state index contributed by atoms with van der Waals surface area (Å²) < 4.78 is 2.35. The van der Waals surface area contributed by atoms with Crippen molar-refractivity contribution in [2.45, 2.75) is 19.4 Å². The molecule has 2 aromatic rings. The van der Waals surface area contributed by atoms with Crippen LogP contribution in [0.15, 0.2) is 30.6 Å². The van der Waals surface area contributed by atoms with E-state index in [9.17, 15) is 0 Å². The van der Waals surface area contributed by atoms with Crippen LogP contribution >= 0.6 is 0 Å². The van der Waals surface area contributed by atoms with E-state index < -0.39 is 0 Å². The molecule has 0 saturated heterocycles. The molecule has 0 bridgehead atoms. The molecule has 0 aliphatic rings. The second kappa shape index (κ2) is 3.34. The van der Waals surface area contributed by atoms with E-state index in [2.05, 4.69) is 41.4 Å². The summed E-state index contributed by atoms with van der Waals surface area (Å²) in [6.07, 6.45) is 4.04. The minimum Gasteiger partial charge on any atom is -0.365 e. The van der Waals surface area contributed by atoms with Crippen LogP contribution in [0, 0.1) is 0 Å². The highest BCUT2D eigenvalue weighted by Crippen LogP contribution is 2.12. The van der Waals surface area contributed by atoms with E-state index in [1.807, 2.05) is 12.3 Å². The second-order valence-corrected chi connectivity index (χ2v) is 6.46. The monoisotopic (exact) mass is 190 g/mol. The highest BCUT2D eigenvalue weighted by Gasteiger charge is 2.02. The van der Waals surface area contributed by atoms with Gasteiger partial charge in [-0.05, 0) is 29.9 Å². The van der Waals surface area contributed by atoms with Crippen molar-refractivity contribution in [3.63, 3.8) is 0 Å². The first-order chi connectivity index (χ1) is 6.27. The predicted molar refractivity (Wildman–Crippen MR) is 58.8 cm³/mol. The fraction of sp³-hybridized carbons (Fsp3) is 0.300. The number of nitrogens with zero attached hydrogens (tertiary/aromatic N) is 2. The third kappa shape index (κ3) is 1.65. The Labute approximate surface area is 80.5 Å². The van der Waals surface area contributed by atoms with Gasteiger partial charge in [0, 0.05) is 11.6 Å². The minimum absolute atomic E-state index is 0.202. The molecule has 2 aromatic heterocycles. The van der Waals surface area contributed by atoms with E-state index in [1.54, 1.807) is 0 Å². The summed E-state index contributed by atoms with van der Waals surface area (Å²) in [5.41, 5.74) is 1.96. The standard InChI is InChI=1S/C10H14N2Si/c1-8(2)13-12-7-5-9-4-3-6-11-10(9)12/h3-8H,13H2,1-2H3. The molecule has 3 heteroatoms. The van der Waals surface area contributed by atoms with E-state index >= 15 is 0 Å². The van der Waals surface area contributed by atoms with E-state index in [-0.39, 0.29) is 9.68 Å². The Hall–Kier alpha value is -1.09. The molecule has 0 unspecified atom stereocenters. The second-order valence-electron chi connectivity index (χ2n) is 3.78. The molecule has 0 amide bonds. The van der Waals surface area contributed by atoms with Crippen molar-refractivity contribution in [1.82, 2.24) is 9.22 Å². The van der Waals surface area contributed by atoms with E-state index in [0.717, 1.165) is 11.2 Å². The molecule has 0 aliphatic carbocycles. The summed E-state index contributed by atoms with van der Waals surface area (Å²) in [5, 5.41) is 1.26. The molecule has 0 aromatic carbocycles. The number of hydrogen-bond donors (Lipinski definition) is 0. The summed E-state index contributed by atoms with van der Waals surface area (Å²) in [4.78, 5) is 4.39. The lowest BCUT2D eigenvalue weighted by molar-refractivity contribution is 1.02. The molecule has 0 atom stereocenters. The van der Waals surface area contributed by atoms with Crippen LogP contribution in [0.5, 0.6) is 0 Å². The predicted octanol–water partition coefficient (Wildman–Crippen LogP) is 1.80. The Kier molecular flexibility index (Phi) is 2.18. The van der Waals surface area contributed by atoms with Crippen LogP contribution in [-0.2, 0) is 0 Å². The SMILES string of the molecule is CC(C)[SiH2]n1ccc2cccnc21. The molecule has 68 valence electrons. The third-order valence-corrected chi connectivity index (χ3v) is 3.72. The average Bonchev–Trinajstić information content (AvgIpc) is 2.48. The van der Waals surface area contributed by atoms with Crippen LogP contribution in [0.3, 0.4) is 0 Å².